The van der Waals surface area contributed by atoms with Crippen LogP contribution >= 0.6 is 34.4 Å². The Morgan fingerprint density at radius 2 is 1.79 bits per heavy atom. The minimum atomic E-state index is -0.453. The summed E-state index contributed by atoms with van der Waals surface area (Å²) >= 11 is 4.33. The zero-order valence-electron chi connectivity index (χ0n) is 22.9. The molecule has 0 saturated heterocycles. The van der Waals surface area contributed by atoms with Gasteiger partial charge in [0.1, 0.15) is 5.70 Å². The number of thiazole rings is 1. The van der Waals surface area contributed by atoms with E-state index in [1.165, 1.54) is 34.4 Å². The van der Waals surface area contributed by atoms with E-state index in [9.17, 15) is 14.4 Å². The molecule has 1 unspecified atom stereocenters. The molecule has 0 aliphatic carbocycles. The average Bonchev–Trinajstić information content (AvgIpc) is 3.65. The molecule has 0 aliphatic heterocycles. The summed E-state index contributed by atoms with van der Waals surface area (Å²) < 4.78 is 1.03. The van der Waals surface area contributed by atoms with Crippen LogP contribution in [-0.2, 0) is 9.59 Å². The van der Waals surface area contributed by atoms with Gasteiger partial charge in [-0.1, -0.05) is 54.7 Å². The summed E-state index contributed by atoms with van der Waals surface area (Å²) in [5.74, 6) is -0.957. The molecule has 2 aromatic heterocycles. The van der Waals surface area contributed by atoms with E-state index in [-0.39, 0.29) is 22.8 Å². The van der Waals surface area contributed by atoms with Crippen LogP contribution in [0.15, 0.2) is 101 Å². The van der Waals surface area contributed by atoms with E-state index >= 15 is 0 Å². The van der Waals surface area contributed by atoms with Gasteiger partial charge in [0.15, 0.2) is 5.13 Å². The molecular formula is C32H28N4O3S3. The predicted octanol–water partition coefficient (Wildman–Crippen LogP) is 7.59. The van der Waals surface area contributed by atoms with Crippen LogP contribution < -0.4 is 16.0 Å². The van der Waals surface area contributed by atoms with Crippen LogP contribution in [0.1, 0.15) is 34.1 Å². The Hall–Kier alpha value is -4.25. The summed E-state index contributed by atoms with van der Waals surface area (Å²) in [6.07, 6.45) is 2.26. The Labute approximate surface area is 256 Å². The summed E-state index contributed by atoms with van der Waals surface area (Å²) in [5.41, 5.74) is 3.13. The monoisotopic (exact) mass is 612 g/mol. The van der Waals surface area contributed by atoms with E-state index in [2.05, 4.69) is 27.0 Å². The second-order valence-electron chi connectivity index (χ2n) is 9.37. The van der Waals surface area contributed by atoms with Crippen molar-refractivity contribution in [2.24, 2.45) is 0 Å². The molecule has 0 saturated carbocycles. The first-order chi connectivity index (χ1) is 20.4. The fourth-order valence-corrected chi connectivity index (χ4v) is 6.70. The molecule has 5 aromatic rings. The van der Waals surface area contributed by atoms with E-state index in [1.54, 1.807) is 36.4 Å². The number of hydrogen-bond acceptors (Lipinski definition) is 7. The molecule has 42 heavy (non-hydrogen) atoms. The van der Waals surface area contributed by atoms with Crippen molar-refractivity contribution in [3.63, 3.8) is 0 Å². The van der Waals surface area contributed by atoms with Gasteiger partial charge in [-0.05, 0) is 78.9 Å². The fraction of sp³-hybridized carbons (Fsp3) is 0.125. The zero-order valence-corrected chi connectivity index (χ0v) is 25.4. The van der Waals surface area contributed by atoms with Gasteiger partial charge in [0.25, 0.3) is 11.8 Å². The third kappa shape index (κ3) is 7.52. The number of benzene rings is 3. The van der Waals surface area contributed by atoms with Gasteiger partial charge in [0.05, 0.1) is 15.5 Å². The topological polar surface area (TPSA) is 100 Å². The van der Waals surface area contributed by atoms with Gasteiger partial charge in [-0.25, -0.2) is 4.98 Å². The van der Waals surface area contributed by atoms with Gasteiger partial charge >= 0.3 is 0 Å². The molecule has 7 nitrogen and oxygen atoms in total. The molecule has 212 valence electrons. The maximum Gasteiger partial charge on any atom is 0.272 e. The normalized spacial score (nSPS) is 12.1. The van der Waals surface area contributed by atoms with Crippen molar-refractivity contribution in [3.8, 4) is 0 Å². The number of nitrogens with zero attached hydrogens (tertiary/aromatic N) is 1. The smallest absolute Gasteiger partial charge is 0.272 e. The summed E-state index contributed by atoms with van der Waals surface area (Å²) in [7, 11) is 0. The molecule has 5 rings (SSSR count). The molecular weight excluding hydrogens is 585 g/mol. The van der Waals surface area contributed by atoms with Crippen LogP contribution in [0.3, 0.4) is 0 Å². The maximum absolute atomic E-state index is 13.3. The number of carbonyl (C=O) groups is 3. The molecule has 3 aromatic carbocycles. The summed E-state index contributed by atoms with van der Waals surface area (Å²) in [6, 6.07) is 25.8. The van der Waals surface area contributed by atoms with Crippen molar-refractivity contribution in [2.45, 2.75) is 30.4 Å². The summed E-state index contributed by atoms with van der Waals surface area (Å²) in [5, 5.41) is 10.7. The Bertz CT molecular complexity index is 1750. The molecule has 3 N–H and O–H groups in total. The number of anilines is 2. The van der Waals surface area contributed by atoms with Crippen LogP contribution in [0.4, 0.5) is 10.8 Å². The number of fused-ring (bicyclic) bond motifs is 1. The first-order valence-corrected chi connectivity index (χ1v) is 15.8. The van der Waals surface area contributed by atoms with E-state index in [4.69, 9.17) is 0 Å². The van der Waals surface area contributed by atoms with Crippen molar-refractivity contribution in [1.82, 2.24) is 10.3 Å². The average molecular weight is 613 g/mol. The Kier molecular flexibility index (Phi) is 9.48. The van der Waals surface area contributed by atoms with E-state index in [0.717, 1.165) is 25.6 Å². The molecule has 0 radical (unpaired) electrons. The van der Waals surface area contributed by atoms with Crippen LogP contribution in [0.2, 0.25) is 0 Å². The zero-order chi connectivity index (χ0) is 29.5. The second kappa shape index (κ2) is 13.6. The highest BCUT2D eigenvalue weighted by Crippen LogP contribution is 2.31. The number of aromatic nitrogens is 1. The van der Waals surface area contributed by atoms with Crippen molar-refractivity contribution in [1.29, 1.82) is 0 Å². The molecule has 10 heteroatoms. The number of aryl methyl sites for hydroxylation is 1. The Morgan fingerprint density at radius 1 is 0.952 bits per heavy atom. The third-order valence-corrected chi connectivity index (χ3v) is 9.28. The number of rotatable bonds is 10. The van der Waals surface area contributed by atoms with Crippen molar-refractivity contribution in [3.05, 3.63) is 112 Å². The van der Waals surface area contributed by atoms with Crippen molar-refractivity contribution < 1.29 is 14.4 Å². The Morgan fingerprint density at radius 3 is 2.55 bits per heavy atom. The first-order valence-electron chi connectivity index (χ1n) is 13.3. The number of thiophene rings is 1. The highest BCUT2D eigenvalue weighted by molar-refractivity contribution is 8.00. The van der Waals surface area contributed by atoms with Crippen LogP contribution in [-0.4, -0.2) is 28.0 Å². The lowest BCUT2D eigenvalue weighted by molar-refractivity contribution is -0.116. The van der Waals surface area contributed by atoms with E-state index < -0.39 is 5.91 Å². The Balaban J connectivity index is 1.27. The molecule has 1 atom stereocenters. The second-order valence-corrected chi connectivity index (χ2v) is 12.7. The lowest BCUT2D eigenvalue weighted by atomic mass is 10.2. The van der Waals surface area contributed by atoms with Gasteiger partial charge < -0.3 is 16.0 Å². The predicted molar refractivity (Wildman–Crippen MR) is 174 cm³/mol. The van der Waals surface area contributed by atoms with Gasteiger partial charge in [-0.3, -0.25) is 14.4 Å². The third-order valence-electron chi connectivity index (χ3n) is 6.17. The maximum atomic E-state index is 13.3. The van der Waals surface area contributed by atoms with Crippen LogP contribution in [0, 0.1) is 6.92 Å². The number of nitrogens with one attached hydrogen (secondary N) is 3. The molecule has 2 heterocycles. The number of amides is 3. The number of carbonyl (C=O) groups excluding carboxylic acids is 3. The van der Waals surface area contributed by atoms with Crippen molar-refractivity contribution in [2.75, 3.05) is 10.6 Å². The van der Waals surface area contributed by atoms with Crippen LogP contribution in [0.25, 0.3) is 16.3 Å². The molecule has 0 bridgehead atoms. The quantitative estimate of drug-likeness (QED) is 0.112. The molecule has 0 spiro atoms. The largest absolute Gasteiger partial charge is 0.321 e. The SMILES string of the molecule is CCC(Sc1cccc(NC(=O)/C(=C/c2cccs2)NC(=O)c2ccccc2)c1)C(=O)Nc1nc2ccc(C)cc2s1. The van der Waals surface area contributed by atoms with E-state index in [1.807, 2.05) is 67.8 Å². The fourth-order valence-electron chi connectivity index (χ4n) is 4.06. The minimum Gasteiger partial charge on any atom is -0.321 e. The van der Waals surface area contributed by atoms with Gasteiger partial charge in [0.2, 0.25) is 5.91 Å². The van der Waals surface area contributed by atoms with Crippen LogP contribution in [0.5, 0.6) is 0 Å². The molecule has 0 aliphatic rings. The van der Waals surface area contributed by atoms with Gasteiger partial charge in [-0.2, -0.15) is 0 Å². The molecule has 0 fully saturated rings. The highest BCUT2D eigenvalue weighted by atomic mass is 32.2. The number of hydrogen-bond donors (Lipinski definition) is 3. The highest BCUT2D eigenvalue weighted by Gasteiger charge is 2.20. The summed E-state index contributed by atoms with van der Waals surface area (Å²) in [6.45, 7) is 3.99. The molecule has 3 amide bonds. The number of thioether (sulfide) groups is 1. The lowest BCUT2D eigenvalue weighted by Crippen LogP contribution is -2.30. The first kappa shape index (κ1) is 29.2. The van der Waals surface area contributed by atoms with Gasteiger partial charge in [0, 0.05) is 21.0 Å². The van der Waals surface area contributed by atoms with Crippen molar-refractivity contribution >= 4 is 79.3 Å². The lowest BCUT2D eigenvalue weighted by Gasteiger charge is -2.15. The van der Waals surface area contributed by atoms with E-state index in [0.29, 0.717) is 22.8 Å². The summed E-state index contributed by atoms with van der Waals surface area (Å²) in [4.78, 5) is 45.5. The standard InChI is InChI=1S/C32H28N4O3S3/c1-3-27(31(39)36-32-35-25-15-14-20(2)17-28(25)42-32)41-24-12-7-11-22(18-24)33-30(38)26(19-23-13-8-16-40-23)34-29(37)21-9-5-4-6-10-21/h4-19,27H,3H2,1-2H3,(H,33,38)(H,34,37)(H,35,36,39)/b26-19-. The van der Waals surface area contributed by atoms with Gasteiger partial charge in [-0.15, -0.1) is 23.1 Å². The minimum absolute atomic E-state index is 0.126.